The van der Waals surface area contributed by atoms with E-state index >= 15 is 0 Å². The van der Waals surface area contributed by atoms with Crippen LogP contribution in [0, 0.1) is 5.92 Å². The van der Waals surface area contributed by atoms with Crippen molar-refractivity contribution in [3.8, 4) is 5.75 Å². The molecule has 1 aliphatic rings. The standard InChI is InChI=1S/C20H23N5O2/c1-27-14-8-6-13(7-9-14)19-15(12-22-25-19)20(26)21-11-10-18-23-16-4-2-3-5-17(16)24-18/h2-9,15,19,22,25H,10-12H2,1H3,(H,21,26)(H,23,24). The zero-order valence-corrected chi connectivity index (χ0v) is 15.2. The van der Waals surface area contributed by atoms with Crippen LogP contribution in [0.1, 0.15) is 17.4 Å². The quantitative estimate of drug-likeness (QED) is 0.534. The van der Waals surface area contributed by atoms with Crippen LogP contribution in [0.15, 0.2) is 48.5 Å². The number of amides is 1. The fourth-order valence-corrected chi connectivity index (χ4v) is 3.43. The summed E-state index contributed by atoms with van der Waals surface area (Å²) < 4.78 is 5.20. The topological polar surface area (TPSA) is 91.1 Å². The van der Waals surface area contributed by atoms with Crippen LogP contribution in [0.5, 0.6) is 5.75 Å². The second-order valence-electron chi connectivity index (χ2n) is 6.62. The number of benzene rings is 2. The third kappa shape index (κ3) is 3.79. The number of nitrogens with one attached hydrogen (secondary N) is 4. The Morgan fingerprint density at radius 1 is 1.22 bits per heavy atom. The zero-order chi connectivity index (χ0) is 18.6. The van der Waals surface area contributed by atoms with Gasteiger partial charge in [0.25, 0.3) is 0 Å². The van der Waals surface area contributed by atoms with Crippen LogP contribution in [0.3, 0.4) is 0 Å². The number of methoxy groups -OCH3 is 1. The predicted octanol–water partition coefficient (Wildman–Crippen LogP) is 1.70. The van der Waals surface area contributed by atoms with E-state index in [1.54, 1.807) is 7.11 Å². The molecule has 140 valence electrons. The first-order chi connectivity index (χ1) is 13.2. The Labute approximate surface area is 157 Å². The Morgan fingerprint density at radius 2 is 2.04 bits per heavy atom. The first-order valence-electron chi connectivity index (χ1n) is 9.08. The Bertz CT molecular complexity index is 889. The summed E-state index contributed by atoms with van der Waals surface area (Å²) in [4.78, 5) is 20.5. The Kier molecular flexibility index (Phi) is 5.04. The summed E-state index contributed by atoms with van der Waals surface area (Å²) in [6.45, 7) is 1.14. The number of rotatable bonds is 6. The number of hydrogen-bond donors (Lipinski definition) is 4. The number of carbonyl (C=O) groups excluding carboxylic acids is 1. The molecule has 2 atom stereocenters. The van der Waals surface area contributed by atoms with E-state index in [0.29, 0.717) is 19.5 Å². The van der Waals surface area contributed by atoms with E-state index in [4.69, 9.17) is 4.74 Å². The number of imidazole rings is 1. The summed E-state index contributed by atoms with van der Waals surface area (Å²) in [5.41, 5.74) is 9.31. The third-order valence-electron chi connectivity index (χ3n) is 4.89. The zero-order valence-electron chi connectivity index (χ0n) is 15.2. The molecule has 0 bridgehead atoms. The average molecular weight is 365 g/mol. The van der Waals surface area contributed by atoms with E-state index < -0.39 is 0 Å². The lowest BCUT2D eigenvalue weighted by atomic mass is 9.94. The predicted molar refractivity (Wildman–Crippen MR) is 103 cm³/mol. The van der Waals surface area contributed by atoms with Gasteiger partial charge in [-0.25, -0.2) is 10.4 Å². The van der Waals surface area contributed by atoms with Gasteiger partial charge in [0.05, 0.1) is 30.1 Å². The molecule has 1 fully saturated rings. The van der Waals surface area contributed by atoms with Gasteiger partial charge in [-0.05, 0) is 29.8 Å². The molecule has 4 N–H and O–H groups in total. The normalized spacial score (nSPS) is 19.3. The number of hydrogen-bond acceptors (Lipinski definition) is 5. The van der Waals surface area contributed by atoms with Crippen molar-refractivity contribution in [1.29, 1.82) is 0 Å². The molecule has 2 unspecified atom stereocenters. The second kappa shape index (κ2) is 7.77. The van der Waals surface area contributed by atoms with E-state index in [9.17, 15) is 4.79 Å². The van der Waals surface area contributed by atoms with Crippen molar-refractivity contribution in [2.24, 2.45) is 5.92 Å². The minimum atomic E-state index is -0.172. The van der Waals surface area contributed by atoms with Gasteiger partial charge in [0.15, 0.2) is 0 Å². The number of fused-ring (bicyclic) bond motifs is 1. The molecule has 27 heavy (non-hydrogen) atoms. The fraction of sp³-hybridized carbons (Fsp3) is 0.300. The first-order valence-corrected chi connectivity index (χ1v) is 9.08. The van der Waals surface area contributed by atoms with Crippen LogP contribution >= 0.6 is 0 Å². The van der Waals surface area contributed by atoms with Gasteiger partial charge in [-0.2, -0.15) is 0 Å². The second-order valence-corrected chi connectivity index (χ2v) is 6.62. The van der Waals surface area contributed by atoms with Crippen LogP contribution < -0.4 is 20.9 Å². The molecule has 0 aliphatic carbocycles. The van der Waals surface area contributed by atoms with Crippen LogP contribution in [0.4, 0.5) is 0 Å². The maximum Gasteiger partial charge on any atom is 0.226 e. The largest absolute Gasteiger partial charge is 0.497 e. The highest BCUT2D eigenvalue weighted by molar-refractivity contribution is 5.80. The molecule has 2 heterocycles. The van der Waals surface area contributed by atoms with Crippen LogP contribution in [-0.4, -0.2) is 36.1 Å². The highest BCUT2D eigenvalue weighted by Crippen LogP contribution is 2.26. The summed E-state index contributed by atoms with van der Waals surface area (Å²) in [6.07, 6.45) is 0.668. The molecule has 3 aromatic rings. The molecule has 0 spiro atoms. The average Bonchev–Trinajstić information content (AvgIpc) is 3.34. The molecule has 0 radical (unpaired) electrons. The van der Waals surface area contributed by atoms with Gasteiger partial charge in [-0.3, -0.25) is 10.2 Å². The van der Waals surface area contributed by atoms with Crippen molar-refractivity contribution in [1.82, 2.24) is 26.1 Å². The molecule has 1 aliphatic heterocycles. The molecule has 2 aromatic carbocycles. The smallest absolute Gasteiger partial charge is 0.226 e. The van der Waals surface area contributed by atoms with Crippen molar-refractivity contribution in [3.05, 3.63) is 59.9 Å². The van der Waals surface area contributed by atoms with Gasteiger partial charge in [0.1, 0.15) is 11.6 Å². The molecule has 1 amide bonds. The number of nitrogens with zero attached hydrogens (tertiary/aromatic N) is 1. The minimum absolute atomic E-state index is 0.0319. The van der Waals surface area contributed by atoms with E-state index in [1.165, 1.54) is 0 Å². The van der Waals surface area contributed by atoms with Gasteiger partial charge >= 0.3 is 0 Å². The van der Waals surface area contributed by atoms with Crippen LogP contribution in [0.2, 0.25) is 0 Å². The summed E-state index contributed by atoms with van der Waals surface area (Å²) in [5.74, 6) is 1.54. The molecule has 0 saturated carbocycles. The lowest BCUT2D eigenvalue weighted by Gasteiger charge is -2.18. The maximum absolute atomic E-state index is 12.7. The number of ether oxygens (including phenoxy) is 1. The van der Waals surface area contributed by atoms with E-state index in [1.807, 2.05) is 48.5 Å². The minimum Gasteiger partial charge on any atom is -0.497 e. The summed E-state index contributed by atoms with van der Waals surface area (Å²) in [7, 11) is 1.64. The maximum atomic E-state index is 12.7. The number of carbonyl (C=O) groups is 1. The molecule has 7 heteroatoms. The molecular weight excluding hydrogens is 342 g/mol. The van der Waals surface area contributed by atoms with Crippen molar-refractivity contribution in [2.45, 2.75) is 12.5 Å². The third-order valence-corrected chi connectivity index (χ3v) is 4.89. The van der Waals surface area contributed by atoms with Crippen molar-refractivity contribution in [2.75, 3.05) is 20.2 Å². The summed E-state index contributed by atoms with van der Waals surface area (Å²) in [5, 5.41) is 3.04. The van der Waals surface area contributed by atoms with Crippen LogP contribution in [-0.2, 0) is 11.2 Å². The van der Waals surface area contributed by atoms with Gasteiger partial charge in [0, 0.05) is 19.5 Å². The molecule has 1 saturated heterocycles. The fourth-order valence-electron chi connectivity index (χ4n) is 3.43. The summed E-state index contributed by atoms with van der Waals surface area (Å²) in [6, 6.07) is 15.6. The highest BCUT2D eigenvalue weighted by atomic mass is 16.5. The number of aromatic amines is 1. The van der Waals surface area contributed by atoms with Gasteiger partial charge in [-0.15, -0.1) is 0 Å². The van der Waals surface area contributed by atoms with Crippen molar-refractivity contribution in [3.63, 3.8) is 0 Å². The number of hydrazine groups is 1. The lowest BCUT2D eigenvalue weighted by molar-refractivity contribution is -0.124. The van der Waals surface area contributed by atoms with E-state index in [-0.39, 0.29) is 17.9 Å². The Morgan fingerprint density at radius 3 is 2.81 bits per heavy atom. The van der Waals surface area contributed by atoms with Crippen molar-refractivity contribution < 1.29 is 9.53 Å². The number of para-hydroxylation sites is 2. The molecule has 7 nitrogen and oxygen atoms in total. The highest BCUT2D eigenvalue weighted by Gasteiger charge is 2.33. The number of aromatic nitrogens is 2. The Balaban J connectivity index is 1.35. The van der Waals surface area contributed by atoms with Crippen LogP contribution in [0.25, 0.3) is 11.0 Å². The molecular formula is C20H23N5O2. The Hall–Kier alpha value is -2.90. The van der Waals surface area contributed by atoms with E-state index in [0.717, 1.165) is 28.2 Å². The molecule has 1 aromatic heterocycles. The van der Waals surface area contributed by atoms with E-state index in [2.05, 4.69) is 26.1 Å². The monoisotopic (exact) mass is 365 g/mol. The SMILES string of the molecule is COc1ccc(C2NNCC2C(=O)NCCc2nc3ccccc3[nH]2)cc1. The summed E-state index contributed by atoms with van der Waals surface area (Å²) >= 11 is 0. The molecule has 4 rings (SSSR count). The lowest BCUT2D eigenvalue weighted by Crippen LogP contribution is -2.36. The van der Waals surface area contributed by atoms with Gasteiger partial charge in [0.2, 0.25) is 5.91 Å². The first kappa shape index (κ1) is 17.5. The van der Waals surface area contributed by atoms with Gasteiger partial charge < -0.3 is 15.0 Å². The van der Waals surface area contributed by atoms with Crippen molar-refractivity contribution >= 4 is 16.9 Å². The van der Waals surface area contributed by atoms with Gasteiger partial charge in [-0.1, -0.05) is 24.3 Å². The number of H-pyrrole nitrogens is 1.